The maximum absolute atomic E-state index is 12.1. The van der Waals surface area contributed by atoms with E-state index in [0.29, 0.717) is 28.0 Å². The van der Waals surface area contributed by atoms with Gasteiger partial charge in [-0.15, -0.1) is 0 Å². The minimum absolute atomic E-state index is 0.119. The summed E-state index contributed by atoms with van der Waals surface area (Å²) < 4.78 is 1.55. The van der Waals surface area contributed by atoms with Crippen LogP contribution in [-0.2, 0) is 11.8 Å². The molecule has 1 aliphatic carbocycles. The van der Waals surface area contributed by atoms with Gasteiger partial charge in [-0.05, 0) is 44.0 Å². The second-order valence-electron chi connectivity index (χ2n) is 6.06. The van der Waals surface area contributed by atoms with Gasteiger partial charge in [-0.2, -0.15) is 5.10 Å². The third-order valence-corrected chi connectivity index (χ3v) is 4.35. The number of aromatic nitrogens is 2. The highest BCUT2D eigenvalue weighted by Gasteiger charge is 2.23. The van der Waals surface area contributed by atoms with Gasteiger partial charge in [-0.1, -0.05) is 17.7 Å². The van der Waals surface area contributed by atoms with Crippen LogP contribution in [0.3, 0.4) is 0 Å². The molecule has 7 heteroatoms. The zero-order chi connectivity index (χ0) is 18.0. The number of nitrogens with zero attached hydrogens (tertiary/aromatic N) is 2. The summed E-state index contributed by atoms with van der Waals surface area (Å²) in [5.41, 5.74) is 2.54. The largest absolute Gasteiger partial charge is 0.349 e. The van der Waals surface area contributed by atoms with Crippen LogP contribution in [-0.4, -0.2) is 27.6 Å². The summed E-state index contributed by atoms with van der Waals surface area (Å²) in [6.45, 7) is 1.82. The first-order valence-electron chi connectivity index (χ1n) is 8.03. The van der Waals surface area contributed by atoms with Crippen molar-refractivity contribution >= 4 is 35.2 Å². The average molecular weight is 359 g/mol. The van der Waals surface area contributed by atoms with Crippen LogP contribution in [0.15, 0.2) is 30.3 Å². The summed E-state index contributed by atoms with van der Waals surface area (Å²) in [4.78, 5) is 24.2. The van der Waals surface area contributed by atoms with E-state index in [4.69, 9.17) is 11.6 Å². The van der Waals surface area contributed by atoms with Crippen LogP contribution < -0.4 is 10.6 Å². The summed E-state index contributed by atoms with van der Waals surface area (Å²) in [5.74, 6) is -0.425. The maximum atomic E-state index is 12.1. The molecule has 0 bridgehead atoms. The van der Waals surface area contributed by atoms with Crippen molar-refractivity contribution in [2.24, 2.45) is 7.05 Å². The number of rotatable bonds is 5. The molecule has 1 saturated carbocycles. The zero-order valence-corrected chi connectivity index (χ0v) is 14.8. The average Bonchev–Trinajstić information content (AvgIpc) is 3.34. The van der Waals surface area contributed by atoms with Crippen molar-refractivity contribution in [3.05, 3.63) is 52.3 Å². The van der Waals surface area contributed by atoms with Gasteiger partial charge in [-0.3, -0.25) is 14.3 Å². The zero-order valence-electron chi connectivity index (χ0n) is 14.0. The van der Waals surface area contributed by atoms with Gasteiger partial charge in [0.2, 0.25) is 5.91 Å². The van der Waals surface area contributed by atoms with Crippen LogP contribution in [0, 0.1) is 6.92 Å². The molecule has 2 N–H and O–H groups in total. The van der Waals surface area contributed by atoms with Crippen molar-refractivity contribution in [2.45, 2.75) is 25.8 Å². The van der Waals surface area contributed by atoms with Gasteiger partial charge in [0.15, 0.2) is 0 Å². The van der Waals surface area contributed by atoms with Crippen molar-refractivity contribution < 1.29 is 9.59 Å². The number of nitrogens with one attached hydrogen (secondary N) is 2. The van der Waals surface area contributed by atoms with Crippen molar-refractivity contribution in [1.29, 1.82) is 0 Å². The van der Waals surface area contributed by atoms with Crippen molar-refractivity contribution in [3.63, 3.8) is 0 Å². The molecule has 1 fully saturated rings. The standard InChI is InChI=1S/C18H19ClN4O2/c1-11-15(17(19)23(2)22-11)8-9-16(24)20-14-5-3-4-12(10-14)18(25)21-13-6-7-13/h3-5,8-10,13H,6-7H2,1-2H3,(H,20,24)(H,21,25)/b9-8+. The fourth-order valence-corrected chi connectivity index (χ4v) is 2.65. The fraction of sp³-hybridized carbons (Fsp3) is 0.278. The van der Waals surface area contributed by atoms with E-state index in [1.54, 1.807) is 42.1 Å². The molecule has 1 aliphatic rings. The van der Waals surface area contributed by atoms with E-state index < -0.39 is 0 Å². The van der Waals surface area contributed by atoms with E-state index in [9.17, 15) is 9.59 Å². The highest BCUT2D eigenvalue weighted by Crippen LogP contribution is 2.21. The van der Waals surface area contributed by atoms with Crippen LogP contribution in [0.4, 0.5) is 5.69 Å². The first kappa shape index (κ1) is 17.2. The summed E-state index contributed by atoms with van der Waals surface area (Å²) in [7, 11) is 1.74. The van der Waals surface area contributed by atoms with Crippen molar-refractivity contribution in [2.75, 3.05) is 5.32 Å². The lowest BCUT2D eigenvalue weighted by Gasteiger charge is -2.06. The highest BCUT2D eigenvalue weighted by molar-refractivity contribution is 6.31. The van der Waals surface area contributed by atoms with Crippen LogP contribution in [0.25, 0.3) is 6.08 Å². The van der Waals surface area contributed by atoms with Gasteiger partial charge in [0.1, 0.15) is 5.15 Å². The first-order valence-corrected chi connectivity index (χ1v) is 8.41. The third kappa shape index (κ3) is 4.28. The fourth-order valence-electron chi connectivity index (χ4n) is 2.41. The normalized spacial score (nSPS) is 13.9. The lowest BCUT2D eigenvalue weighted by Crippen LogP contribution is -2.25. The third-order valence-electron chi connectivity index (χ3n) is 3.90. The van der Waals surface area contributed by atoms with Crippen LogP contribution in [0.1, 0.15) is 34.5 Å². The molecule has 1 aromatic carbocycles. The Bertz CT molecular complexity index is 853. The molecule has 1 heterocycles. The molecule has 25 heavy (non-hydrogen) atoms. The molecular weight excluding hydrogens is 340 g/mol. The predicted octanol–water partition coefficient (Wildman–Crippen LogP) is 2.93. The SMILES string of the molecule is Cc1nn(C)c(Cl)c1/C=C/C(=O)Nc1cccc(C(=O)NC2CC2)c1. The quantitative estimate of drug-likeness (QED) is 0.807. The molecule has 0 saturated heterocycles. The molecule has 3 rings (SSSR count). The molecule has 0 atom stereocenters. The van der Waals surface area contributed by atoms with E-state index in [1.807, 2.05) is 6.92 Å². The van der Waals surface area contributed by atoms with E-state index in [1.165, 1.54) is 6.08 Å². The maximum Gasteiger partial charge on any atom is 0.251 e. The van der Waals surface area contributed by atoms with E-state index in [-0.39, 0.29) is 11.8 Å². The Morgan fingerprint density at radius 1 is 1.36 bits per heavy atom. The topological polar surface area (TPSA) is 76.0 Å². The number of hydrogen-bond acceptors (Lipinski definition) is 3. The second-order valence-corrected chi connectivity index (χ2v) is 6.42. The summed E-state index contributed by atoms with van der Waals surface area (Å²) >= 11 is 6.13. The number of aryl methyl sites for hydroxylation is 2. The number of anilines is 1. The van der Waals surface area contributed by atoms with Gasteiger partial charge in [0, 0.05) is 36.0 Å². The molecule has 1 aromatic heterocycles. The lowest BCUT2D eigenvalue weighted by atomic mass is 10.2. The Kier molecular flexibility index (Phi) is 4.90. The number of carbonyl (C=O) groups is 2. The van der Waals surface area contributed by atoms with E-state index in [0.717, 1.165) is 18.5 Å². The van der Waals surface area contributed by atoms with E-state index in [2.05, 4.69) is 15.7 Å². The number of amides is 2. The Hall–Kier alpha value is -2.60. The van der Waals surface area contributed by atoms with Crippen molar-refractivity contribution in [1.82, 2.24) is 15.1 Å². The van der Waals surface area contributed by atoms with Gasteiger partial charge in [0.25, 0.3) is 5.91 Å². The van der Waals surface area contributed by atoms with Gasteiger partial charge in [0.05, 0.1) is 5.69 Å². The Balaban J connectivity index is 1.66. The number of halogens is 1. The molecule has 0 aliphatic heterocycles. The molecule has 6 nitrogen and oxygen atoms in total. The van der Waals surface area contributed by atoms with Crippen molar-refractivity contribution in [3.8, 4) is 0 Å². The Labute approximate surface area is 150 Å². The minimum atomic E-state index is -0.306. The lowest BCUT2D eigenvalue weighted by molar-refractivity contribution is -0.111. The molecule has 0 radical (unpaired) electrons. The summed E-state index contributed by atoms with van der Waals surface area (Å²) in [6, 6.07) is 7.15. The van der Waals surface area contributed by atoms with Crippen LogP contribution in [0.2, 0.25) is 5.15 Å². The minimum Gasteiger partial charge on any atom is -0.349 e. The number of hydrogen-bond donors (Lipinski definition) is 2. The molecule has 2 aromatic rings. The molecule has 2 amide bonds. The van der Waals surface area contributed by atoms with Gasteiger partial charge in [-0.25, -0.2) is 0 Å². The smallest absolute Gasteiger partial charge is 0.251 e. The molecule has 0 unspecified atom stereocenters. The highest BCUT2D eigenvalue weighted by atomic mass is 35.5. The van der Waals surface area contributed by atoms with Gasteiger partial charge >= 0.3 is 0 Å². The number of carbonyl (C=O) groups excluding carboxylic acids is 2. The van der Waals surface area contributed by atoms with E-state index >= 15 is 0 Å². The Morgan fingerprint density at radius 3 is 2.76 bits per heavy atom. The molecule has 0 spiro atoms. The van der Waals surface area contributed by atoms with Crippen LogP contribution in [0.5, 0.6) is 0 Å². The summed E-state index contributed by atoms with van der Waals surface area (Å²) in [6.07, 6.45) is 5.09. The first-order chi connectivity index (χ1) is 11.9. The molecular formula is C18H19ClN4O2. The predicted molar refractivity (Wildman–Crippen MR) is 97.5 cm³/mol. The molecule has 130 valence electrons. The van der Waals surface area contributed by atoms with Crippen LogP contribution >= 0.6 is 11.6 Å². The monoisotopic (exact) mass is 358 g/mol. The van der Waals surface area contributed by atoms with Gasteiger partial charge < -0.3 is 10.6 Å². The summed E-state index contributed by atoms with van der Waals surface area (Å²) in [5, 5.41) is 10.3. The second kappa shape index (κ2) is 7.11. The Morgan fingerprint density at radius 2 is 2.12 bits per heavy atom. The number of benzene rings is 1.